The summed E-state index contributed by atoms with van der Waals surface area (Å²) in [7, 11) is 0. The van der Waals surface area contributed by atoms with Crippen molar-refractivity contribution in [3.05, 3.63) is 82.9 Å². The van der Waals surface area contributed by atoms with E-state index in [0.717, 1.165) is 22.0 Å². The monoisotopic (exact) mass is 430 g/mol. The second-order valence-electron chi connectivity index (χ2n) is 7.40. The van der Waals surface area contributed by atoms with E-state index in [0.29, 0.717) is 46.7 Å². The summed E-state index contributed by atoms with van der Waals surface area (Å²) in [5, 5.41) is 4.37. The van der Waals surface area contributed by atoms with E-state index in [2.05, 4.69) is 5.32 Å². The maximum Gasteiger partial charge on any atom is 0.256 e. The molecule has 0 fully saturated rings. The Kier molecular flexibility index (Phi) is 4.96. The Labute approximate surface area is 184 Å². The van der Waals surface area contributed by atoms with Gasteiger partial charge in [-0.15, -0.1) is 0 Å². The van der Waals surface area contributed by atoms with Gasteiger partial charge in [-0.3, -0.25) is 4.79 Å². The Morgan fingerprint density at radius 2 is 1.71 bits per heavy atom. The minimum Gasteiger partial charge on any atom is -0.486 e. The number of anilines is 1. The molecule has 0 aliphatic carbocycles. The molecule has 1 aliphatic rings. The number of nitrogens with one attached hydrogen (secondary N) is 1. The number of pyridine rings is 1. The lowest BCUT2D eigenvalue weighted by Gasteiger charge is -2.19. The predicted octanol–water partition coefficient (Wildman–Crippen LogP) is 5.89. The molecule has 1 aliphatic heterocycles. The lowest BCUT2D eigenvalue weighted by molar-refractivity contribution is 0.102. The third kappa shape index (κ3) is 3.92. The van der Waals surface area contributed by atoms with Gasteiger partial charge in [0, 0.05) is 21.7 Å². The highest BCUT2D eigenvalue weighted by atomic mass is 35.5. The Morgan fingerprint density at radius 3 is 2.52 bits per heavy atom. The van der Waals surface area contributed by atoms with Gasteiger partial charge < -0.3 is 14.8 Å². The van der Waals surface area contributed by atoms with Crippen molar-refractivity contribution in [3.8, 4) is 22.8 Å². The molecule has 4 aromatic rings. The molecule has 1 aromatic heterocycles. The van der Waals surface area contributed by atoms with Crippen LogP contribution < -0.4 is 14.8 Å². The van der Waals surface area contributed by atoms with Gasteiger partial charge in [0.25, 0.3) is 5.91 Å². The quantitative estimate of drug-likeness (QED) is 0.440. The van der Waals surface area contributed by atoms with E-state index in [9.17, 15) is 4.79 Å². The van der Waals surface area contributed by atoms with E-state index in [-0.39, 0.29) is 5.91 Å². The molecule has 0 saturated heterocycles. The van der Waals surface area contributed by atoms with Crippen LogP contribution in [0.5, 0.6) is 11.5 Å². The van der Waals surface area contributed by atoms with E-state index < -0.39 is 0 Å². The van der Waals surface area contributed by atoms with E-state index in [4.69, 9.17) is 26.1 Å². The first-order valence-electron chi connectivity index (χ1n) is 9.95. The zero-order chi connectivity index (χ0) is 21.4. The number of amides is 1. The molecule has 5 rings (SSSR count). The number of ether oxygens (including phenoxy) is 2. The van der Waals surface area contributed by atoms with Crippen LogP contribution in [0.3, 0.4) is 0 Å². The molecule has 0 radical (unpaired) electrons. The first kappa shape index (κ1) is 19.4. The normalized spacial score (nSPS) is 12.6. The van der Waals surface area contributed by atoms with Crippen molar-refractivity contribution in [2.75, 3.05) is 18.5 Å². The fraction of sp³-hybridized carbons (Fsp3) is 0.120. The summed E-state index contributed by atoms with van der Waals surface area (Å²) in [6.45, 7) is 3.04. The summed E-state index contributed by atoms with van der Waals surface area (Å²) < 4.78 is 11.3. The fourth-order valence-electron chi connectivity index (χ4n) is 3.61. The van der Waals surface area contributed by atoms with E-state index in [1.54, 1.807) is 24.3 Å². The number of carbonyl (C=O) groups excluding carboxylic acids is 1. The van der Waals surface area contributed by atoms with Gasteiger partial charge in [-0.25, -0.2) is 4.98 Å². The van der Waals surface area contributed by atoms with Crippen LogP contribution in [0.2, 0.25) is 5.02 Å². The largest absolute Gasteiger partial charge is 0.486 e. The molecule has 0 saturated carbocycles. The maximum atomic E-state index is 13.2. The van der Waals surface area contributed by atoms with Crippen molar-refractivity contribution in [2.24, 2.45) is 0 Å². The van der Waals surface area contributed by atoms with Crippen LogP contribution in [0, 0.1) is 6.92 Å². The smallest absolute Gasteiger partial charge is 0.256 e. The molecular formula is C25H19ClN2O3. The maximum absolute atomic E-state index is 13.2. The number of hydrogen-bond donors (Lipinski definition) is 1. The van der Waals surface area contributed by atoms with Crippen LogP contribution in [0.1, 0.15) is 15.9 Å². The minimum absolute atomic E-state index is 0.209. The fourth-order valence-corrected chi connectivity index (χ4v) is 3.74. The second kappa shape index (κ2) is 7.93. The zero-order valence-electron chi connectivity index (χ0n) is 16.8. The topological polar surface area (TPSA) is 60.5 Å². The summed E-state index contributed by atoms with van der Waals surface area (Å²) in [4.78, 5) is 18.0. The molecule has 0 atom stereocenters. The molecule has 0 unspecified atom stereocenters. The van der Waals surface area contributed by atoms with Crippen LogP contribution in [0.25, 0.3) is 22.2 Å². The standard InChI is InChI=1S/C25H19ClN2O3/c1-15-2-8-21-19(12-15)20(25(29)27-18-6-4-17(26)5-7-18)14-22(28-21)16-3-9-23-24(13-16)31-11-10-30-23/h2-9,12-14H,10-11H2,1H3,(H,27,29). The van der Waals surface area contributed by atoms with Crippen LogP contribution in [-0.2, 0) is 0 Å². The number of rotatable bonds is 3. The van der Waals surface area contributed by atoms with Gasteiger partial charge in [0.15, 0.2) is 11.5 Å². The van der Waals surface area contributed by atoms with Crippen molar-refractivity contribution in [1.29, 1.82) is 0 Å². The number of fused-ring (bicyclic) bond motifs is 2. The van der Waals surface area contributed by atoms with Crippen LogP contribution in [0.15, 0.2) is 66.7 Å². The van der Waals surface area contributed by atoms with Crippen molar-refractivity contribution < 1.29 is 14.3 Å². The number of benzene rings is 3. The predicted molar refractivity (Wildman–Crippen MR) is 122 cm³/mol. The summed E-state index contributed by atoms with van der Waals surface area (Å²) in [6.07, 6.45) is 0. The highest BCUT2D eigenvalue weighted by Crippen LogP contribution is 2.35. The third-order valence-electron chi connectivity index (χ3n) is 5.15. The summed E-state index contributed by atoms with van der Waals surface area (Å²) in [5.74, 6) is 1.19. The Bertz CT molecular complexity index is 1300. The molecule has 1 N–H and O–H groups in total. The Hall–Kier alpha value is -3.57. The number of nitrogens with zero attached hydrogens (tertiary/aromatic N) is 1. The van der Waals surface area contributed by atoms with Crippen molar-refractivity contribution in [2.45, 2.75) is 6.92 Å². The molecule has 5 nitrogen and oxygen atoms in total. The minimum atomic E-state index is -0.209. The molecule has 2 heterocycles. The zero-order valence-corrected chi connectivity index (χ0v) is 17.6. The highest BCUT2D eigenvalue weighted by Gasteiger charge is 2.17. The number of carbonyl (C=O) groups is 1. The molecule has 0 bridgehead atoms. The van der Waals surface area contributed by atoms with Crippen LogP contribution >= 0.6 is 11.6 Å². The lowest BCUT2D eigenvalue weighted by Crippen LogP contribution is -2.15. The van der Waals surface area contributed by atoms with Gasteiger partial charge in [-0.2, -0.15) is 0 Å². The van der Waals surface area contributed by atoms with Gasteiger partial charge in [0.1, 0.15) is 13.2 Å². The highest BCUT2D eigenvalue weighted by molar-refractivity contribution is 6.30. The number of aryl methyl sites for hydroxylation is 1. The van der Waals surface area contributed by atoms with Crippen molar-refractivity contribution >= 4 is 34.1 Å². The van der Waals surface area contributed by atoms with E-state index in [1.807, 2.05) is 49.4 Å². The SMILES string of the molecule is Cc1ccc2nc(-c3ccc4c(c3)OCCO4)cc(C(=O)Nc3ccc(Cl)cc3)c2c1. The lowest BCUT2D eigenvalue weighted by atomic mass is 10.0. The summed E-state index contributed by atoms with van der Waals surface area (Å²) >= 11 is 5.96. The molecule has 1 amide bonds. The van der Waals surface area contributed by atoms with E-state index in [1.165, 1.54) is 0 Å². The first-order chi connectivity index (χ1) is 15.1. The van der Waals surface area contributed by atoms with Gasteiger partial charge >= 0.3 is 0 Å². The molecule has 6 heteroatoms. The Morgan fingerprint density at radius 1 is 0.935 bits per heavy atom. The average Bonchev–Trinajstić information content (AvgIpc) is 2.79. The van der Waals surface area contributed by atoms with Gasteiger partial charge in [0.2, 0.25) is 0 Å². The molecular weight excluding hydrogens is 412 g/mol. The molecule has 0 spiro atoms. The average molecular weight is 431 g/mol. The third-order valence-corrected chi connectivity index (χ3v) is 5.40. The van der Waals surface area contributed by atoms with E-state index >= 15 is 0 Å². The van der Waals surface area contributed by atoms with Crippen LogP contribution in [-0.4, -0.2) is 24.1 Å². The van der Waals surface area contributed by atoms with Crippen LogP contribution in [0.4, 0.5) is 5.69 Å². The number of hydrogen-bond acceptors (Lipinski definition) is 4. The summed E-state index contributed by atoms with van der Waals surface area (Å²) in [5.41, 5.74) is 4.57. The van der Waals surface area contributed by atoms with Gasteiger partial charge in [-0.1, -0.05) is 23.2 Å². The van der Waals surface area contributed by atoms with Crippen molar-refractivity contribution in [1.82, 2.24) is 4.98 Å². The second-order valence-corrected chi connectivity index (χ2v) is 7.83. The molecule has 3 aromatic carbocycles. The Balaban J connectivity index is 1.60. The molecule has 31 heavy (non-hydrogen) atoms. The number of halogens is 1. The van der Waals surface area contributed by atoms with Crippen molar-refractivity contribution in [3.63, 3.8) is 0 Å². The molecule has 154 valence electrons. The van der Waals surface area contributed by atoms with Gasteiger partial charge in [0.05, 0.1) is 16.8 Å². The summed E-state index contributed by atoms with van der Waals surface area (Å²) in [6, 6.07) is 20.5. The first-order valence-corrected chi connectivity index (χ1v) is 10.3. The van der Waals surface area contributed by atoms with Gasteiger partial charge in [-0.05, 0) is 67.6 Å². The number of aromatic nitrogens is 1.